The number of anilines is 1. The monoisotopic (exact) mass is 395 g/mol. The molecule has 4 saturated carbocycles. The summed E-state index contributed by atoms with van der Waals surface area (Å²) in [4.78, 5) is 0. The first-order chi connectivity index (χ1) is 13.9. The predicted octanol–water partition coefficient (Wildman–Crippen LogP) is 6.51. The van der Waals surface area contributed by atoms with Gasteiger partial charge in [0.25, 0.3) is 0 Å². The van der Waals surface area contributed by atoms with Crippen molar-refractivity contribution in [1.82, 2.24) is 0 Å². The number of fused-ring (bicyclic) bond motifs is 5. The molecule has 0 bridgehead atoms. The van der Waals surface area contributed by atoms with Crippen LogP contribution in [0.4, 0.5) is 5.69 Å². The van der Waals surface area contributed by atoms with Crippen LogP contribution in [-0.4, -0.2) is 16.7 Å². The summed E-state index contributed by atoms with van der Waals surface area (Å²) in [7, 11) is 0. The van der Waals surface area contributed by atoms with E-state index in [9.17, 15) is 5.11 Å². The summed E-state index contributed by atoms with van der Waals surface area (Å²) in [6, 6.07) is 11.3. The molecular weight excluding hydrogens is 354 g/mol. The Morgan fingerprint density at radius 2 is 1.66 bits per heavy atom. The molecule has 2 heteroatoms. The van der Waals surface area contributed by atoms with Crippen molar-refractivity contribution >= 4 is 5.69 Å². The lowest BCUT2D eigenvalue weighted by Crippen LogP contribution is -2.51. The maximum Gasteiger partial charge on any atom is 0.0622 e. The molecule has 9 atom stereocenters. The summed E-state index contributed by atoms with van der Waals surface area (Å²) in [5, 5.41) is 14.5. The molecule has 4 aliphatic carbocycles. The van der Waals surface area contributed by atoms with Gasteiger partial charge in [0.15, 0.2) is 0 Å². The molecule has 2 N–H and O–H groups in total. The lowest BCUT2D eigenvalue weighted by molar-refractivity contribution is -0.100. The molecule has 1 aromatic carbocycles. The highest BCUT2D eigenvalue weighted by Crippen LogP contribution is 2.65. The van der Waals surface area contributed by atoms with Crippen molar-refractivity contribution in [2.75, 3.05) is 5.32 Å². The highest BCUT2D eigenvalue weighted by Gasteiger charge is 2.58. The quantitative estimate of drug-likeness (QED) is 0.611. The van der Waals surface area contributed by atoms with Crippen molar-refractivity contribution < 1.29 is 5.11 Å². The van der Waals surface area contributed by atoms with Gasteiger partial charge in [-0.15, -0.1) is 0 Å². The Morgan fingerprint density at radius 1 is 0.897 bits per heavy atom. The van der Waals surface area contributed by atoms with Crippen molar-refractivity contribution in [3.8, 4) is 0 Å². The van der Waals surface area contributed by atoms with Gasteiger partial charge < -0.3 is 10.4 Å². The van der Waals surface area contributed by atoms with Crippen molar-refractivity contribution in [3.63, 3.8) is 0 Å². The number of aliphatic hydroxyl groups is 1. The maximum absolute atomic E-state index is 10.6. The molecule has 0 radical (unpaired) electrons. The molecular formula is C27H41NO. The zero-order chi connectivity index (χ0) is 20.2. The molecule has 0 amide bonds. The van der Waals surface area contributed by atoms with E-state index >= 15 is 0 Å². The predicted molar refractivity (Wildman–Crippen MR) is 121 cm³/mol. The van der Waals surface area contributed by atoms with Gasteiger partial charge in [-0.1, -0.05) is 25.1 Å². The second-order valence-electron chi connectivity index (χ2n) is 11.7. The summed E-state index contributed by atoms with van der Waals surface area (Å²) < 4.78 is 0. The smallest absolute Gasteiger partial charge is 0.0622 e. The second-order valence-corrected chi connectivity index (χ2v) is 11.7. The first-order valence-corrected chi connectivity index (χ1v) is 12.4. The molecule has 160 valence electrons. The first-order valence-electron chi connectivity index (χ1n) is 12.4. The molecule has 0 saturated heterocycles. The largest absolute Gasteiger partial charge is 0.390 e. The molecule has 2 nitrogen and oxygen atoms in total. The van der Waals surface area contributed by atoms with Crippen LogP contribution in [0.1, 0.15) is 78.6 Å². The van der Waals surface area contributed by atoms with Gasteiger partial charge in [-0.3, -0.25) is 0 Å². The molecule has 29 heavy (non-hydrogen) atoms. The van der Waals surface area contributed by atoms with Gasteiger partial charge in [0.05, 0.1) is 5.60 Å². The first kappa shape index (κ1) is 19.9. The number of benzene rings is 1. The van der Waals surface area contributed by atoms with Crippen molar-refractivity contribution in [3.05, 3.63) is 30.3 Å². The third-order valence-corrected chi connectivity index (χ3v) is 10.1. The fourth-order valence-electron chi connectivity index (χ4n) is 8.84. The average Bonchev–Trinajstić information content (AvgIpc) is 3.05. The topological polar surface area (TPSA) is 32.3 Å². The lowest BCUT2D eigenvalue weighted by Gasteiger charge is -2.57. The molecule has 1 aromatic rings. The van der Waals surface area contributed by atoms with E-state index in [0.29, 0.717) is 11.5 Å². The standard InChI is InChI=1S/C27H41NO/c1-18(28-20-7-5-4-6-8-20)24-11-12-25-23-10-9-19-17-26(2,29)15-13-21(19)22(23)14-16-27(24,25)3/h4-8,18-19,21-25,28-29H,9-17H2,1-3H3/t18-,19-,21+,22?,23-,24-,25?,26-,27-/m1/s1. The normalized spacial score (nSPS) is 47.6. The van der Waals surface area contributed by atoms with E-state index in [0.717, 1.165) is 48.3 Å². The minimum Gasteiger partial charge on any atom is -0.390 e. The summed E-state index contributed by atoms with van der Waals surface area (Å²) in [6.45, 7) is 7.15. The lowest BCUT2D eigenvalue weighted by atomic mass is 9.49. The minimum atomic E-state index is -0.395. The highest BCUT2D eigenvalue weighted by molar-refractivity contribution is 5.43. The fraction of sp³-hybridized carbons (Fsp3) is 0.778. The molecule has 4 fully saturated rings. The van der Waals surface area contributed by atoms with E-state index in [2.05, 4.69) is 56.4 Å². The SMILES string of the molecule is C[C@@H](Nc1ccccc1)[C@H]1CCC2[C@@H]3CC[C@@H]4C[C@](C)(O)CC[C@@H]4C3CC[C@@]21C. The third kappa shape index (κ3) is 3.44. The fourth-order valence-corrected chi connectivity index (χ4v) is 8.84. The van der Waals surface area contributed by atoms with Crippen LogP contribution in [0.3, 0.4) is 0 Å². The van der Waals surface area contributed by atoms with Crippen LogP contribution < -0.4 is 5.32 Å². The molecule has 0 aliphatic heterocycles. The zero-order valence-corrected chi connectivity index (χ0v) is 18.7. The van der Waals surface area contributed by atoms with Gasteiger partial charge in [0.1, 0.15) is 0 Å². The van der Waals surface area contributed by atoms with E-state index in [1.807, 2.05) is 0 Å². The van der Waals surface area contributed by atoms with E-state index in [1.54, 1.807) is 0 Å². The van der Waals surface area contributed by atoms with Crippen LogP contribution in [0, 0.1) is 40.9 Å². The van der Waals surface area contributed by atoms with E-state index in [4.69, 9.17) is 0 Å². The summed E-state index contributed by atoms with van der Waals surface area (Å²) in [6.07, 6.45) is 11.9. The number of hydrogen-bond donors (Lipinski definition) is 2. The summed E-state index contributed by atoms with van der Waals surface area (Å²) in [5.41, 5.74) is 1.39. The molecule has 4 aliphatic rings. The number of hydrogen-bond acceptors (Lipinski definition) is 2. The second kappa shape index (κ2) is 7.29. The Balaban J connectivity index is 1.31. The van der Waals surface area contributed by atoms with Crippen LogP contribution in [0.2, 0.25) is 0 Å². The van der Waals surface area contributed by atoms with Crippen LogP contribution >= 0.6 is 0 Å². The zero-order valence-electron chi connectivity index (χ0n) is 18.7. The van der Waals surface area contributed by atoms with E-state index in [-0.39, 0.29) is 0 Å². The molecule has 0 spiro atoms. The summed E-state index contributed by atoms with van der Waals surface area (Å²) >= 11 is 0. The molecule has 0 aromatic heterocycles. The van der Waals surface area contributed by atoms with Crippen molar-refractivity contribution in [1.29, 1.82) is 0 Å². The Labute approximate surface area is 177 Å². The number of nitrogens with one attached hydrogen (secondary N) is 1. The van der Waals surface area contributed by atoms with Crippen LogP contribution in [0.25, 0.3) is 0 Å². The molecule has 5 rings (SSSR count). The van der Waals surface area contributed by atoms with Gasteiger partial charge in [0, 0.05) is 11.7 Å². The van der Waals surface area contributed by atoms with Crippen LogP contribution in [0.5, 0.6) is 0 Å². The third-order valence-electron chi connectivity index (χ3n) is 10.1. The Hall–Kier alpha value is -1.02. The van der Waals surface area contributed by atoms with Gasteiger partial charge in [-0.2, -0.15) is 0 Å². The van der Waals surface area contributed by atoms with Crippen molar-refractivity contribution in [2.24, 2.45) is 40.9 Å². The Morgan fingerprint density at radius 3 is 2.45 bits per heavy atom. The maximum atomic E-state index is 10.6. The summed E-state index contributed by atoms with van der Waals surface area (Å²) in [5.74, 6) is 5.30. The van der Waals surface area contributed by atoms with Gasteiger partial charge >= 0.3 is 0 Å². The van der Waals surface area contributed by atoms with Gasteiger partial charge in [-0.25, -0.2) is 0 Å². The molecule has 2 unspecified atom stereocenters. The Kier molecular flexibility index (Phi) is 5.01. The average molecular weight is 396 g/mol. The van der Waals surface area contributed by atoms with Crippen LogP contribution in [-0.2, 0) is 0 Å². The van der Waals surface area contributed by atoms with Gasteiger partial charge in [0.2, 0.25) is 0 Å². The minimum absolute atomic E-state index is 0.395. The number of rotatable bonds is 3. The molecule has 0 heterocycles. The van der Waals surface area contributed by atoms with Crippen LogP contribution in [0.15, 0.2) is 30.3 Å². The van der Waals surface area contributed by atoms with Crippen molar-refractivity contribution in [2.45, 2.75) is 90.2 Å². The van der Waals surface area contributed by atoms with Gasteiger partial charge in [-0.05, 0) is 125 Å². The number of para-hydroxylation sites is 1. The van der Waals surface area contributed by atoms with E-state index < -0.39 is 5.60 Å². The van der Waals surface area contributed by atoms with E-state index in [1.165, 1.54) is 50.6 Å². The Bertz CT molecular complexity index is 715. The highest BCUT2D eigenvalue weighted by atomic mass is 16.3.